The second kappa shape index (κ2) is 24.5. The lowest BCUT2D eigenvalue weighted by molar-refractivity contribution is -0.0575. The highest BCUT2D eigenvalue weighted by molar-refractivity contribution is 7.47. The maximum Gasteiger partial charge on any atom is 0.472 e. The number of phosphoric acid groups is 1. The topological polar surface area (TPSA) is 100 Å². The Morgan fingerprint density at radius 2 is 1.31 bits per heavy atom. The van der Waals surface area contributed by atoms with E-state index in [4.69, 9.17) is 24.3 Å². The molecule has 0 radical (unpaired) electrons. The van der Waals surface area contributed by atoms with Crippen molar-refractivity contribution in [3.05, 3.63) is 35.9 Å². The van der Waals surface area contributed by atoms with E-state index >= 15 is 0 Å². The zero-order valence-corrected chi connectivity index (χ0v) is 28.3. The van der Waals surface area contributed by atoms with E-state index in [-0.39, 0.29) is 19.1 Å². The number of rotatable bonds is 29. The molecule has 0 aromatic heterocycles. The van der Waals surface area contributed by atoms with Gasteiger partial charge in [0, 0.05) is 6.61 Å². The third-order valence-corrected chi connectivity index (χ3v) is 9.27. The van der Waals surface area contributed by atoms with Crippen LogP contribution in [0.15, 0.2) is 30.3 Å². The summed E-state index contributed by atoms with van der Waals surface area (Å²) in [6.07, 6.45) is 20.9. The monoisotopic (exact) mass is 613 g/mol. The summed E-state index contributed by atoms with van der Waals surface area (Å²) < 4.78 is 35.3. The van der Waals surface area contributed by atoms with Crippen molar-refractivity contribution in [3.8, 4) is 0 Å². The third kappa shape index (κ3) is 21.0. The largest absolute Gasteiger partial charge is 0.472 e. The Balaban J connectivity index is 2.21. The molecule has 0 fully saturated rings. The highest BCUT2D eigenvalue weighted by atomic mass is 31.2. The summed E-state index contributed by atoms with van der Waals surface area (Å²) in [5.41, 5.74) is 5.84. The van der Waals surface area contributed by atoms with Crippen LogP contribution in [0.2, 0.25) is 0 Å². The molecule has 1 aromatic rings. The third-order valence-electron chi connectivity index (χ3n) is 8.09. The SMILES string of the molecule is CCCCCCCCCCCCCCCCCCOCC(COP(=O)(O)OC(C)(C)C(C)CN)OCc1ccccc1. The summed E-state index contributed by atoms with van der Waals surface area (Å²) >= 11 is 0. The summed E-state index contributed by atoms with van der Waals surface area (Å²) in [5, 5.41) is 0. The average molecular weight is 614 g/mol. The van der Waals surface area contributed by atoms with E-state index in [2.05, 4.69) is 6.92 Å². The van der Waals surface area contributed by atoms with Crippen molar-refractivity contribution in [1.29, 1.82) is 0 Å². The number of unbranched alkanes of at least 4 members (excludes halogenated alkanes) is 15. The highest BCUT2D eigenvalue weighted by Gasteiger charge is 2.36. The molecule has 0 aliphatic heterocycles. The van der Waals surface area contributed by atoms with Crippen LogP contribution >= 0.6 is 7.82 Å². The standard InChI is InChI=1S/C34H64NO6P/c1-5-6-7-8-9-10-11-12-13-14-15-16-17-18-19-23-26-38-29-33(39-28-32-24-21-20-22-25-32)30-40-42(36,37)41-34(3,4)31(2)27-35/h20-22,24-25,31,33H,5-19,23,26-30,35H2,1-4H3,(H,36,37). The van der Waals surface area contributed by atoms with Crippen molar-refractivity contribution in [2.75, 3.05) is 26.4 Å². The van der Waals surface area contributed by atoms with Crippen LogP contribution in [0, 0.1) is 5.92 Å². The lowest BCUT2D eigenvalue weighted by Crippen LogP contribution is -2.36. The molecular weight excluding hydrogens is 549 g/mol. The van der Waals surface area contributed by atoms with Gasteiger partial charge >= 0.3 is 7.82 Å². The van der Waals surface area contributed by atoms with E-state index in [9.17, 15) is 9.46 Å². The molecule has 3 atom stereocenters. The number of hydrogen-bond acceptors (Lipinski definition) is 6. The van der Waals surface area contributed by atoms with Gasteiger partial charge < -0.3 is 20.1 Å². The predicted octanol–water partition coefficient (Wildman–Crippen LogP) is 9.36. The lowest BCUT2D eigenvalue weighted by Gasteiger charge is -2.32. The second-order valence-electron chi connectivity index (χ2n) is 12.4. The van der Waals surface area contributed by atoms with E-state index in [0.717, 1.165) is 18.4 Å². The first kappa shape index (κ1) is 39.2. The van der Waals surface area contributed by atoms with Gasteiger partial charge in [-0.15, -0.1) is 0 Å². The molecule has 0 bridgehead atoms. The Kier molecular flexibility index (Phi) is 22.9. The van der Waals surface area contributed by atoms with Crippen molar-refractivity contribution in [3.63, 3.8) is 0 Å². The number of phosphoric ester groups is 1. The Bertz CT molecular complexity index is 793. The molecule has 0 amide bonds. The lowest BCUT2D eigenvalue weighted by atomic mass is 9.93. The quantitative estimate of drug-likeness (QED) is 0.0686. The molecular formula is C34H64NO6P. The summed E-state index contributed by atoms with van der Waals surface area (Å²) in [6.45, 7) is 9.14. The van der Waals surface area contributed by atoms with Gasteiger partial charge in [-0.2, -0.15) is 0 Å². The van der Waals surface area contributed by atoms with Gasteiger partial charge in [0.05, 0.1) is 25.4 Å². The zero-order chi connectivity index (χ0) is 30.9. The van der Waals surface area contributed by atoms with Crippen LogP contribution in [-0.4, -0.2) is 43.0 Å². The van der Waals surface area contributed by atoms with E-state index in [1.165, 1.54) is 89.9 Å². The van der Waals surface area contributed by atoms with Gasteiger partial charge in [-0.25, -0.2) is 4.57 Å². The van der Waals surface area contributed by atoms with Gasteiger partial charge in [0.25, 0.3) is 0 Å². The van der Waals surface area contributed by atoms with E-state index in [1.807, 2.05) is 37.3 Å². The van der Waals surface area contributed by atoms with E-state index in [0.29, 0.717) is 19.8 Å². The number of benzene rings is 1. The smallest absolute Gasteiger partial charge is 0.379 e. The maximum atomic E-state index is 12.6. The van der Waals surface area contributed by atoms with Gasteiger partial charge in [0.2, 0.25) is 0 Å². The first-order valence-electron chi connectivity index (χ1n) is 16.8. The molecule has 0 aliphatic rings. The fourth-order valence-electron chi connectivity index (χ4n) is 4.77. The summed E-state index contributed by atoms with van der Waals surface area (Å²) in [6, 6.07) is 9.82. The van der Waals surface area contributed by atoms with Crippen LogP contribution in [0.1, 0.15) is 136 Å². The average Bonchev–Trinajstić information content (AvgIpc) is 2.97. The number of ether oxygens (including phenoxy) is 2. The Hall–Kier alpha value is -0.790. The predicted molar refractivity (Wildman–Crippen MR) is 175 cm³/mol. The van der Waals surface area contributed by atoms with Crippen molar-refractivity contribution in [1.82, 2.24) is 0 Å². The van der Waals surface area contributed by atoms with Crippen molar-refractivity contribution >= 4 is 7.82 Å². The molecule has 8 heteroatoms. The van der Waals surface area contributed by atoms with Crippen LogP contribution < -0.4 is 5.73 Å². The second-order valence-corrected chi connectivity index (χ2v) is 13.8. The summed E-state index contributed by atoms with van der Waals surface area (Å²) in [7, 11) is -4.30. The molecule has 0 saturated carbocycles. The summed E-state index contributed by atoms with van der Waals surface area (Å²) in [4.78, 5) is 10.3. The number of nitrogens with two attached hydrogens (primary N) is 1. The van der Waals surface area contributed by atoms with Crippen LogP contribution in [0.4, 0.5) is 0 Å². The van der Waals surface area contributed by atoms with Crippen LogP contribution in [-0.2, 0) is 29.7 Å². The van der Waals surface area contributed by atoms with Crippen molar-refractivity contribution < 1.29 is 28.0 Å². The Morgan fingerprint density at radius 3 is 1.81 bits per heavy atom. The summed E-state index contributed by atoms with van der Waals surface area (Å²) in [5.74, 6) is -0.116. The minimum Gasteiger partial charge on any atom is -0.379 e. The van der Waals surface area contributed by atoms with Crippen LogP contribution in [0.25, 0.3) is 0 Å². The van der Waals surface area contributed by atoms with E-state index < -0.39 is 19.5 Å². The molecule has 3 unspecified atom stereocenters. The first-order valence-corrected chi connectivity index (χ1v) is 18.3. The van der Waals surface area contributed by atoms with Gasteiger partial charge in [-0.3, -0.25) is 9.05 Å². The molecule has 0 heterocycles. The van der Waals surface area contributed by atoms with Crippen molar-refractivity contribution in [2.24, 2.45) is 11.7 Å². The zero-order valence-electron chi connectivity index (χ0n) is 27.4. The molecule has 7 nitrogen and oxygen atoms in total. The molecule has 246 valence electrons. The normalized spacial score (nSPS) is 15.0. The maximum absolute atomic E-state index is 12.6. The molecule has 0 saturated heterocycles. The van der Waals surface area contributed by atoms with Crippen molar-refractivity contribution in [2.45, 2.75) is 149 Å². The molecule has 1 rings (SSSR count). The molecule has 42 heavy (non-hydrogen) atoms. The minimum atomic E-state index is -4.30. The Morgan fingerprint density at radius 1 is 0.810 bits per heavy atom. The minimum absolute atomic E-state index is 0.105. The Labute approximate surface area is 258 Å². The highest BCUT2D eigenvalue weighted by Crippen LogP contribution is 2.49. The van der Waals surface area contributed by atoms with Gasteiger partial charge in [0.1, 0.15) is 6.10 Å². The molecule has 0 aliphatic carbocycles. The van der Waals surface area contributed by atoms with Gasteiger partial charge in [0.15, 0.2) is 0 Å². The van der Waals surface area contributed by atoms with Crippen LogP contribution in [0.5, 0.6) is 0 Å². The molecule has 1 aromatic carbocycles. The van der Waals surface area contributed by atoms with Gasteiger partial charge in [-0.1, -0.05) is 140 Å². The molecule has 3 N–H and O–H groups in total. The fourth-order valence-corrected chi connectivity index (χ4v) is 5.96. The first-order chi connectivity index (χ1) is 20.2. The van der Waals surface area contributed by atoms with E-state index in [1.54, 1.807) is 13.8 Å². The van der Waals surface area contributed by atoms with Gasteiger partial charge in [-0.05, 0) is 38.3 Å². The fraction of sp³-hybridized carbons (Fsp3) is 0.824. The van der Waals surface area contributed by atoms with Crippen LogP contribution in [0.3, 0.4) is 0 Å². The molecule has 0 spiro atoms. The number of hydrogen-bond donors (Lipinski definition) is 2.